The zero-order valence-electron chi connectivity index (χ0n) is 15.9. The van der Waals surface area contributed by atoms with Gasteiger partial charge in [-0.2, -0.15) is 0 Å². The van der Waals surface area contributed by atoms with Crippen molar-refractivity contribution in [2.24, 2.45) is 0 Å². The van der Waals surface area contributed by atoms with Crippen LogP contribution in [0.5, 0.6) is 5.75 Å². The van der Waals surface area contributed by atoms with E-state index in [2.05, 4.69) is 20.5 Å². The number of anilines is 1. The van der Waals surface area contributed by atoms with Gasteiger partial charge in [0.05, 0.1) is 11.1 Å². The van der Waals surface area contributed by atoms with Gasteiger partial charge in [0.15, 0.2) is 5.65 Å². The predicted octanol–water partition coefficient (Wildman–Crippen LogP) is 1.80. The largest absolute Gasteiger partial charge is 0.490 e. The number of hydrogen-bond donors (Lipinski definition) is 3. The molecule has 0 saturated carbocycles. The Balaban J connectivity index is 1.52. The van der Waals surface area contributed by atoms with Crippen molar-refractivity contribution in [3.05, 3.63) is 65.6 Å². The first-order valence-electron chi connectivity index (χ1n) is 9.30. The van der Waals surface area contributed by atoms with E-state index in [1.807, 2.05) is 6.07 Å². The SMILES string of the molecule is Cc1c(-c2cnc(NCc3c(F)ccc4c3C(O)CO4)n3cnnc23)ccc[n+]1O. The molecular weight excluding hydrogens is 391 g/mol. The second kappa shape index (κ2) is 6.92. The molecule has 1 aromatic carbocycles. The van der Waals surface area contributed by atoms with Crippen LogP contribution in [0.3, 0.4) is 0 Å². The van der Waals surface area contributed by atoms with E-state index in [1.165, 1.54) is 24.7 Å². The Morgan fingerprint density at radius 2 is 2.20 bits per heavy atom. The highest BCUT2D eigenvalue weighted by Gasteiger charge is 2.27. The van der Waals surface area contributed by atoms with Crippen LogP contribution >= 0.6 is 0 Å². The van der Waals surface area contributed by atoms with Crippen LogP contribution in [0.1, 0.15) is 22.9 Å². The number of nitrogens with one attached hydrogen (secondary N) is 1. The Hall–Kier alpha value is -3.79. The summed E-state index contributed by atoms with van der Waals surface area (Å²) in [6.07, 6.45) is 3.79. The summed E-state index contributed by atoms with van der Waals surface area (Å²) in [5.74, 6) is 0.458. The summed E-state index contributed by atoms with van der Waals surface area (Å²) in [7, 11) is 0. The molecule has 0 spiro atoms. The zero-order valence-corrected chi connectivity index (χ0v) is 15.9. The fourth-order valence-corrected chi connectivity index (χ4v) is 3.71. The van der Waals surface area contributed by atoms with Gasteiger partial charge in [0.1, 0.15) is 30.6 Å². The normalized spacial score (nSPS) is 15.2. The van der Waals surface area contributed by atoms with Crippen LogP contribution in [-0.4, -0.2) is 36.5 Å². The topological polar surface area (TPSA) is 109 Å². The van der Waals surface area contributed by atoms with E-state index in [4.69, 9.17) is 4.74 Å². The van der Waals surface area contributed by atoms with Gasteiger partial charge in [0.2, 0.25) is 17.8 Å². The summed E-state index contributed by atoms with van der Waals surface area (Å²) >= 11 is 0. The second-order valence-electron chi connectivity index (χ2n) is 6.99. The number of pyridine rings is 1. The van der Waals surface area contributed by atoms with Crippen molar-refractivity contribution >= 4 is 11.6 Å². The highest BCUT2D eigenvalue weighted by molar-refractivity contribution is 5.78. The first-order valence-corrected chi connectivity index (χ1v) is 9.30. The van der Waals surface area contributed by atoms with E-state index < -0.39 is 11.9 Å². The third-order valence-corrected chi connectivity index (χ3v) is 5.26. The van der Waals surface area contributed by atoms with Crippen LogP contribution in [0.2, 0.25) is 0 Å². The fourth-order valence-electron chi connectivity index (χ4n) is 3.71. The molecule has 1 unspecified atom stereocenters. The van der Waals surface area contributed by atoms with E-state index >= 15 is 0 Å². The number of halogens is 1. The van der Waals surface area contributed by atoms with Crippen LogP contribution in [0.25, 0.3) is 16.8 Å². The van der Waals surface area contributed by atoms with Gasteiger partial charge in [0, 0.05) is 41.6 Å². The molecule has 3 N–H and O–H groups in total. The van der Waals surface area contributed by atoms with Gasteiger partial charge >= 0.3 is 0 Å². The highest BCUT2D eigenvalue weighted by Crippen LogP contribution is 2.36. The lowest BCUT2D eigenvalue weighted by Crippen LogP contribution is -2.33. The lowest BCUT2D eigenvalue weighted by atomic mass is 10.0. The van der Waals surface area contributed by atoms with Crippen molar-refractivity contribution in [3.63, 3.8) is 0 Å². The molecule has 0 amide bonds. The molecular formula is C20H18FN6O3+. The standard InChI is InChI=1S/C20H18FN6O3/c1-11-12(3-2-6-27(11)29)13-7-22-20(26-10-24-25-19(13)26)23-8-14-15(21)4-5-17-18(14)16(28)9-30-17/h2-7,10,16,28-29H,8-9H2,1H3,(H,22,23)/q+1. The Bertz CT molecular complexity index is 1280. The lowest BCUT2D eigenvalue weighted by Gasteiger charge is -2.13. The number of ether oxygens (including phenoxy) is 1. The molecule has 30 heavy (non-hydrogen) atoms. The quantitative estimate of drug-likeness (QED) is 0.348. The van der Waals surface area contributed by atoms with Gasteiger partial charge in [-0.1, -0.05) is 0 Å². The summed E-state index contributed by atoms with van der Waals surface area (Å²) in [5.41, 5.74) is 3.37. The Morgan fingerprint density at radius 1 is 1.33 bits per heavy atom. The number of rotatable bonds is 4. The van der Waals surface area contributed by atoms with Crippen LogP contribution in [0.15, 0.2) is 43.0 Å². The first kappa shape index (κ1) is 18.3. The van der Waals surface area contributed by atoms with E-state index in [-0.39, 0.29) is 13.2 Å². The Kier molecular flexibility index (Phi) is 4.21. The average Bonchev–Trinajstić information content (AvgIpc) is 3.37. The Labute approximate surface area is 170 Å². The van der Waals surface area contributed by atoms with Gasteiger partial charge < -0.3 is 15.2 Å². The number of aliphatic hydroxyl groups excluding tert-OH is 1. The number of aliphatic hydroxyl groups is 1. The molecule has 4 heterocycles. The number of benzene rings is 1. The molecule has 0 bridgehead atoms. The molecule has 1 atom stereocenters. The molecule has 5 rings (SSSR count). The first-order chi connectivity index (χ1) is 14.5. The molecule has 0 radical (unpaired) electrons. The van der Waals surface area contributed by atoms with Gasteiger partial charge in [0.25, 0.3) is 0 Å². The molecule has 3 aromatic heterocycles. The third kappa shape index (κ3) is 2.80. The summed E-state index contributed by atoms with van der Waals surface area (Å²) in [5, 5.41) is 31.3. The van der Waals surface area contributed by atoms with E-state index in [1.54, 1.807) is 23.6 Å². The van der Waals surface area contributed by atoms with Crippen molar-refractivity contribution in [1.29, 1.82) is 0 Å². The Morgan fingerprint density at radius 3 is 3.07 bits per heavy atom. The van der Waals surface area contributed by atoms with Crippen LogP contribution in [-0.2, 0) is 6.54 Å². The van der Waals surface area contributed by atoms with Crippen molar-refractivity contribution in [2.45, 2.75) is 19.6 Å². The molecule has 4 aromatic rings. The molecule has 1 aliphatic heterocycles. The van der Waals surface area contributed by atoms with Gasteiger partial charge in [-0.3, -0.25) is 9.61 Å². The monoisotopic (exact) mass is 409 g/mol. The van der Waals surface area contributed by atoms with Gasteiger partial charge in [-0.05, 0) is 18.2 Å². The van der Waals surface area contributed by atoms with Crippen molar-refractivity contribution in [1.82, 2.24) is 19.6 Å². The number of fused-ring (bicyclic) bond motifs is 2. The molecule has 10 heteroatoms. The maximum absolute atomic E-state index is 14.5. The molecule has 152 valence electrons. The lowest BCUT2D eigenvalue weighted by molar-refractivity contribution is -0.908. The van der Waals surface area contributed by atoms with E-state index in [9.17, 15) is 14.7 Å². The summed E-state index contributed by atoms with van der Waals surface area (Å²) in [6, 6.07) is 6.41. The fraction of sp³-hybridized carbons (Fsp3) is 0.200. The van der Waals surface area contributed by atoms with Crippen molar-refractivity contribution in [2.75, 3.05) is 11.9 Å². The maximum Gasteiger partial charge on any atom is 0.239 e. The smallest absolute Gasteiger partial charge is 0.239 e. The zero-order chi connectivity index (χ0) is 20.8. The van der Waals surface area contributed by atoms with Crippen LogP contribution in [0, 0.1) is 12.7 Å². The molecule has 0 saturated heterocycles. The second-order valence-corrected chi connectivity index (χ2v) is 6.99. The summed E-state index contributed by atoms with van der Waals surface area (Å²) in [6.45, 7) is 1.98. The minimum atomic E-state index is -0.871. The van der Waals surface area contributed by atoms with E-state index in [0.717, 1.165) is 10.3 Å². The van der Waals surface area contributed by atoms with Crippen LogP contribution < -0.4 is 14.8 Å². The van der Waals surface area contributed by atoms with Crippen molar-refractivity contribution in [3.8, 4) is 16.9 Å². The minimum Gasteiger partial charge on any atom is -0.490 e. The maximum atomic E-state index is 14.5. The molecule has 1 aliphatic rings. The number of aromatic nitrogens is 5. The minimum absolute atomic E-state index is 0.0933. The molecule has 0 aliphatic carbocycles. The number of nitrogens with zero attached hydrogens (tertiary/aromatic N) is 5. The predicted molar refractivity (Wildman–Crippen MR) is 103 cm³/mol. The van der Waals surface area contributed by atoms with E-state index in [0.29, 0.717) is 39.7 Å². The van der Waals surface area contributed by atoms with Gasteiger partial charge in [-0.15, -0.1) is 10.2 Å². The third-order valence-electron chi connectivity index (χ3n) is 5.26. The molecule has 0 fully saturated rings. The number of hydrogen-bond acceptors (Lipinski definition) is 7. The van der Waals surface area contributed by atoms with Gasteiger partial charge in [-0.25, -0.2) is 9.37 Å². The molecule has 9 nitrogen and oxygen atoms in total. The van der Waals surface area contributed by atoms with Crippen LogP contribution in [0.4, 0.5) is 10.3 Å². The average molecular weight is 409 g/mol. The summed E-state index contributed by atoms with van der Waals surface area (Å²) < 4.78 is 22.5. The summed E-state index contributed by atoms with van der Waals surface area (Å²) in [4.78, 5) is 4.45. The van der Waals surface area contributed by atoms with Crippen molar-refractivity contribution < 1.29 is 24.2 Å². The highest BCUT2D eigenvalue weighted by atomic mass is 19.1.